The van der Waals surface area contributed by atoms with Gasteiger partial charge in [0.25, 0.3) is 0 Å². The van der Waals surface area contributed by atoms with Crippen molar-refractivity contribution in [1.29, 1.82) is 0 Å². The molecule has 0 aliphatic carbocycles. The van der Waals surface area contributed by atoms with Crippen LogP contribution in [0.1, 0.15) is 29.5 Å². The topological polar surface area (TPSA) is 66.5 Å². The molecule has 128 valence electrons. The molecule has 0 atom stereocenters. The minimum atomic E-state index is -3.13. The van der Waals surface area contributed by atoms with Crippen LogP contribution in [0.15, 0.2) is 18.2 Å². The minimum absolute atomic E-state index is 0.0444. The monoisotopic (exact) mass is 338 g/mol. The van der Waals surface area contributed by atoms with Crippen LogP contribution >= 0.6 is 0 Å². The fraction of sp³-hybridized carbons (Fsp3) is 0.588. The predicted molar refractivity (Wildman–Crippen MR) is 91.8 cm³/mol. The molecule has 0 bridgehead atoms. The second kappa shape index (κ2) is 7.45. The van der Waals surface area contributed by atoms with Gasteiger partial charge in [0.15, 0.2) is 0 Å². The number of piperidine rings is 1. The second-order valence-corrected chi connectivity index (χ2v) is 8.39. The Balaban J connectivity index is 1.78. The highest BCUT2D eigenvalue weighted by atomic mass is 32.2. The highest BCUT2D eigenvalue weighted by Crippen LogP contribution is 2.19. The smallest absolute Gasteiger partial charge is 0.223 e. The largest absolute Gasteiger partial charge is 0.356 e. The van der Waals surface area contributed by atoms with Crippen LogP contribution in [0.25, 0.3) is 0 Å². The van der Waals surface area contributed by atoms with Gasteiger partial charge < -0.3 is 5.32 Å². The maximum atomic E-state index is 12.2. The standard InChI is InChI=1S/C17H26N2O3S/c1-13-4-5-15(14(2)12-13)6-9-18-17(20)16-7-10-19(11-8-16)23(3,21)22/h4-5,12,16H,6-11H2,1-3H3,(H,18,20). The molecule has 1 amide bonds. The number of hydrogen-bond donors (Lipinski definition) is 1. The average Bonchev–Trinajstić information content (AvgIpc) is 2.48. The third-order valence-electron chi connectivity index (χ3n) is 4.49. The van der Waals surface area contributed by atoms with Crippen molar-refractivity contribution in [1.82, 2.24) is 9.62 Å². The molecule has 0 unspecified atom stereocenters. The number of amides is 1. The predicted octanol–water partition coefficient (Wildman–Crippen LogP) is 1.63. The molecule has 0 saturated carbocycles. The third kappa shape index (κ3) is 5.04. The quantitative estimate of drug-likeness (QED) is 0.887. The maximum absolute atomic E-state index is 12.2. The number of nitrogens with zero attached hydrogens (tertiary/aromatic N) is 1. The minimum Gasteiger partial charge on any atom is -0.356 e. The van der Waals surface area contributed by atoms with Crippen molar-refractivity contribution >= 4 is 15.9 Å². The first kappa shape index (κ1) is 17.9. The van der Waals surface area contributed by atoms with Crippen molar-refractivity contribution in [3.8, 4) is 0 Å². The molecule has 0 aromatic heterocycles. The number of carbonyl (C=O) groups is 1. The summed E-state index contributed by atoms with van der Waals surface area (Å²) in [6.45, 7) is 5.66. The lowest BCUT2D eigenvalue weighted by atomic mass is 9.97. The number of carbonyl (C=O) groups excluding carboxylic acids is 1. The number of rotatable bonds is 5. The highest BCUT2D eigenvalue weighted by Gasteiger charge is 2.28. The van der Waals surface area contributed by atoms with E-state index in [4.69, 9.17) is 0 Å². The molecule has 5 nitrogen and oxygen atoms in total. The Labute approximate surface area is 139 Å². The lowest BCUT2D eigenvalue weighted by molar-refractivity contribution is -0.126. The van der Waals surface area contributed by atoms with Crippen molar-refractivity contribution in [3.63, 3.8) is 0 Å². The molecular weight excluding hydrogens is 312 g/mol. The molecule has 2 rings (SSSR count). The Morgan fingerprint density at radius 1 is 1.26 bits per heavy atom. The average molecular weight is 338 g/mol. The van der Waals surface area contributed by atoms with Crippen molar-refractivity contribution in [2.24, 2.45) is 5.92 Å². The van der Waals surface area contributed by atoms with Gasteiger partial charge in [0.05, 0.1) is 6.26 Å². The molecule has 0 spiro atoms. The Morgan fingerprint density at radius 3 is 2.48 bits per heavy atom. The second-order valence-electron chi connectivity index (χ2n) is 6.41. The van der Waals surface area contributed by atoms with Gasteiger partial charge in [-0.15, -0.1) is 0 Å². The zero-order valence-corrected chi connectivity index (χ0v) is 14.9. The third-order valence-corrected chi connectivity index (χ3v) is 5.79. The summed E-state index contributed by atoms with van der Waals surface area (Å²) in [5, 5.41) is 2.99. The normalized spacial score (nSPS) is 17.2. The van der Waals surface area contributed by atoms with Gasteiger partial charge in [-0.25, -0.2) is 12.7 Å². The van der Waals surface area contributed by atoms with E-state index in [2.05, 4.69) is 37.4 Å². The van der Waals surface area contributed by atoms with E-state index in [9.17, 15) is 13.2 Å². The van der Waals surface area contributed by atoms with Crippen LogP contribution in [0.2, 0.25) is 0 Å². The Kier molecular flexibility index (Phi) is 5.81. The van der Waals surface area contributed by atoms with E-state index < -0.39 is 10.0 Å². The fourth-order valence-corrected chi connectivity index (χ4v) is 3.91. The molecular formula is C17H26N2O3S. The zero-order valence-electron chi connectivity index (χ0n) is 14.1. The van der Waals surface area contributed by atoms with Crippen molar-refractivity contribution < 1.29 is 13.2 Å². The number of hydrogen-bond acceptors (Lipinski definition) is 3. The summed E-state index contributed by atoms with van der Waals surface area (Å²) in [7, 11) is -3.13. The van der Waals surface area contributed by atoms with Crippen LogP contribution in [0.5, 0.6) is 0 Å². The number of sulfonamides is 1. The molecule has 1 aliphatic rings. The maximum Gasteiger partial charge on any atom is 0.223 e. The molecule has 1 aromatic rings. The van der Waals surface area contributed by atoms with Crippen LogP contribution in [-0.2, 0) is 21.2 Å². The van der Waals surface area contributed by atoms with E-state index in [0.29, 0.717) is 32.5 Å². The van der Waals surface area contributed by atoms with Crippen LogP contribution < -0.4 is 5.32 Å². The summed E-state index contributed by atoms with van der Waals surface area (Å²) < 4.78 is 24.4. The molecule has 1 saturated heterocycles. The van der Waals surface area contributed by atoms with Crippen LogP contribution in [0.4, 0.5) is 0 Å². The summed E-state index contributed by atoms with van der Waals surface area (Å²) in [4.78, 5) is 12.2. The summed E-state index contributed by atoms with van der Waals surface area (Å²) in [5.74, 6) is -0.0324. The summed E-state index contributed by atoms with van der Waals surface area (Å²) in [6, 6.07) is 6.35. The number of aryl methyl sites for hydroxylation is 2. The lowest BCUT2D eigenvalue weighted by Gasteiger charge is -2.29. The van der Waals surface area contributed by atoms with Gasteiger partial charge >= 0.3 is 0 Å². The molecule has 1 fully saturated rings. The molecule has 1 aromatic carbocycles. The molecule has 6 heteroatoms. The van der Waals surface area contributed by atoms with Gasteiger partial charge in [-0.2, -0.15) is 0 Å². The van der Waals surface area contributed by atoms with Crippen molar-refractivity contribution in [2.45, 2.75) is 33.1 Å². The SMILES string of the molecule is Cc1ccc(CCNC(=O)C2CCN(S(C)(=O)=O)CC2)c(C)c1. The Morgan fingerprint density at radius 2 is 1.91 bits per heavy atom. The first-order valence-electron chi connectivity index (χ1n) is 8.06. The van der Waals surface area contributed by atoms with E-state index in [-0.39, 0.29) is 11.8 Å². The van der Waals surface area contributed by atoms with E-state index in [1.165, 1.54) is 27.3 Å². The summed E-state index contributed by atoms with van der Waals surface area (Å²) in [6.07, 6.45) is 3.24. The van der Waals surface area contributed by atoms with E-state index in [1.807, 2.05) is 0 Å². The molecule has 1 N–H and O–H groups in total. The van der Waals surface area contributed by atoms with Crippen LogP contribution in [0, 0.1) is 19.8 Å². The van der Waals surface area contributed by atoms with Gasteiger partial charge in [-0.05, 0) is 44.2 Å². The molecule has 1 aliphatic heterocycles. The van der Waals surface area contributed by atoms with Crippen LogP contribution in [0.3, 0.4) is 0 Å². The Bertz CT molecular complexity index is 662. The lowest BCUT2D eigenvalue weighted by Crippen LogP contribution is -2.42. The van der Waals surface area contributed by atoms with Crippen molar-refractivity contribution in [3.05, 3.63) is 34.9 Å². The van der Waals surface area contributed by atoms with Gasteiger partial charge in [0, 0.05) is 25.6 Å². The zero-order chi connectivity index (χ0) is 17.0. The number of benzene rings is 1. The summed E-state index contributed by atoms with van der Waals surface area (Å²) >= 11 is 0. The van der Waals surface area contributed by atoms with Gasteiger partial charge in [-0.1, -0.05) is 23.8 Å². The summed E-state index contributed by atoms with van der Waals surface area (Å²) in [5.41, 5.74) is 3.75. The first-order chi connectivity index (χ1) is 10.8. The molecule has 0 radical (unpaired) electrons. The molecule has 23 heavy (non-hydrogen) atoms. The fourth-order valence-electron chi connectivity index (χ4n) is 3.04. The van der Waals surface area contributed by atoms with Crippen LogP contribution in [-0.4, -0.2) is 44.5 Å². The van der Waals surface area contributed by atoms with E-state index in [0.717, 1.165) is 6.42 Å². The Hall–Kier alpha value is -1.40. The van der Waals surface area contributed by atoms with Gasteiger partial charge in [0.2, 0.25) is 15.9 Å². The number of nitrogens with one attached hydrogen (secondary N) is 1. The van der Waals surface area contributed by atoms with E-state index in [1.54, 1.807) is 0 Å². The first-order valence-corrected chi connectivity index (χ1v) is 9.91. The van der Waals surface area contributed by atoms with Gasteiger partial charge in [0.1, 0.15) is 0 Å². The van der Waals surface area contributed by atoms with Gasteiger partial charge in [-0.3, -0.25) is 4.79 Å². The van der Waals surface area contributed by atoms with Crippen molar-refractivity contribution in [2.75, 3.05) is 25.9 Å². The van der Waals surface area contributed by atoms with E-state index >= 15 is 0 Å². The molecule has 1 heterocycles. The highest BCUT2D eigenvalue weighted by molar-refractivity contribution is 7.88.